The minimum Gasteiger partial charge on any atom is 2.00 e. The molecule has 37 heavy (non-hydrogen) atoms. The van der Waals surface area contributed by atoms with E-state index in [0.717, 1.165) is 24.9 Å². The van der Waals surface area contributed by atoms with E-state index in [-0.39, 0.29) is 67.4 Å². The maximum absolute atomic E-state index is 5.90. The molecule has 0 atom stereocenters. The summed E-state index contributed by atoms with van der Waals surface area (Å²) in [6.45, 7) is 20.6. The van der Waals surface area contributed by atoms with Gasteiger partial charge in [0.25, 0.3) is 0 Å². The van der Waals surface area contributed by atoms with E-state index in [1.807, 2.05) is 0 Å². The first-order chi connectivity index (χ1) is 16.0. The molecule has 1 aliphatic heterocycles. The molecule has 2 aromatic rings. The predicted octanol–water partition coefficient (Wildman–Crippen LogP) is 4.88. The van der Waals surface area contributed by atoms with Gasteiger partial charge >= 0.3 is 56.2 Å². The van der Waals surface area contributed by atoms with E-state index in [4.69, 9.17) is 51.1 Å². The van der Waals surface area contributed by atoms with Crippen LogP contribution < -0.4 is 12.4 Å². The summed E-state index contributed by atoms with van der Waals surface area (Å²) in [6.07, 6.45) is 2.56. The van der Waals surface area contributed by atoms with Crippen molar-refractivity contribution in [1.82, 2.24) is 29.9 Å². The molecule has 214 valence electrons. The van der Waals surface area contributed by atoms with E-state index in [0.29, 0.717) is 0 Å². The Kier molecular flexibility index (Phi) is 29.6. The van der Waals surface area contributed by atoms with Gasteiger partial charge in [-0.3, -0.25) is 0 Å². The van der Waals surface area contributed by atoms with Crippen molar-refractivity contribution in [3.05, 3.63) is 38.7 Å². The molecule has 0 aromatic carbocycles. The first-order valence-corrected chi connectivity index (χ1v) is 15.2. The van der Waals surface area contributed by atoms with Crippen molar-refractivity contribution >= 4 is 89.8 Å². The quantitative estimate of drug-likeness (QED) is 0.214. The van der Waals surface area contributed by atoms with Crippen LogP contribution in [0.3, 0.4) is 0 Å². The molecule has 0 radical (unpaired) electrons. The fraction of sp³-hybridized carbons (Fsp3) is 0.682. The molecular formula is C22H35Cl5CuIMgN6O. The molecule has 3 rings (SSSR count). The van der Waals surface area contributed by atoms with Crippen LogP contribution in [0.2, 0.25) is 21.1 Å². The van der Waals surface area contributed by atoms with Gasteiger partial charge in [0.05, 0.1) is 0 Å². The molecule has 2 aromatic heterocycles. The summed E-state index contributed by atoms with van der Waals surface area (Å²) in [7, 11) is 0. The smallest absolute Gasteiger partial charge is 2.00 e. The Hall–Kier alpha value is 1.45. The molecule has 0 unspecified atom stereocenters. The second-order valence-corrected chi connectivity index (χ2v) is 11.1. The minimum atomic E-state index is -0.105. The van der Waals surface area contributed by atoms with Gasteiger partial charge in [-0.2, -0.15) is 35.7 Å². The van der Waals surface area contributed by atoms with E-state index in [1.165, 1.54) is 18.8 Å². The Morgan fingerprint density at radius 1 is 0.649 bits per heavy atom. The molecule has 0 N–H and O–H groups in total. The summed E-state index contributed by atoms with van der Waals surface area (Å²) in [5.41, 5.74) is -0.209. The summed E-state index contributed by atoms with van der Waals surface area (Å²) in [6, 6.07) is 0. The van der Waals surface area contributed by atoms with Gasteiger partial charge in [-0.15, -0.1) is 0 Å². The molecule has 0 amide bonds. The Morgan fingerprint density at radius 3 is 1.08 bits per heavy atom. The van der Waals surface area contributed by atoms with E-state index in [1.54, 1.807) is 20.3 Å². The van der Waals surface area contributed by atoms with Crippen molar-refractivity contribution in [2.45, 2.75) is 86.0 Å². The summed E-state index contributed by atoms with van der Waals surface area (Å²) >= 11 is 27.7. The number of hydrogen-bond acceptors (Lipinski definition) is 7. The molecule has 1 aliphatic rings. The average molecular weight is 792 g/mol. The molecule has 1 fully saturated rings. The van der Waals surface area contributed by atoms with E-state index in [9.17, 15) is 0 Å². The monoisotopic (exact) mass is 788 g/mol. The van der Waals surface area contributed by atoms with Gasteiger partial charge in [-0.1, -0.05) is 41.5 Å². The van der Waals surface area contributed by atoms with Crippen molar-refractivity contribution < 1.29 is 29.9 Å². The maximum atomic E-state index is 5.90. The molecule has 7 nitrogen and oxygen atoms in total. The molecule has 1 saturated heterocycles. The van der Waals surface area contributed by atoms with Gasteiger partial charge in [0.15, 0.2) is 0 Å². The zero-order valence-corrected chi connectivity index (χ0v) is 31.0. The maximum Gasteiger partial charge on any atom is 2.00 e. The van der Waals surface area contributed by atoms with Crippen molar-refractivity contribution in [2.75, 3.05) is 13.2 Å². The molecule has 0 bridgehead atoms. The summed E-state index contributed by atoms with van der Waals surface area (Å²) in [5, 5.41) is 0.278. The third-order valence-corrected chi connectivity index (χ3v) is 4.01. The van der Waals surface area contributed by atoms with E-state index in [2.05, 4.69) is 105 Å². The first-order valence-electron chi connectivity index (χ1n) is 10.6. The van der Waals surface area contributed by atoms with Crippen LogP contribution in [0.15, 0.2) is 0 Å². The third-order valence-electron chi connectivity index (χ3n) is 3.33. The van der Waals surface area contributed by atoms with Crippen LogP contribution >= 0.6 is 66.7 Å². The van der Waals surface area contributed by atoms with E-state index < -0.39 is 0 Å². The average Bonchev–Trinajstić information content (AvgIpc) is 3.27. The summed E-state index contributed by atoms with van der Waals surface area (Å²) in [4.78, 5) is 23.2. The van der Waals surface area contributed by atoms with Gasteiger partial charge in [-0.05, 0) is 59.2 Å². The number of rotatable bonds is 0. The summed E-state index contributed by atoms with van der Waals surface area (Å²) in [5.74, 6) is 2.90. The Morgan fingerprint density at radius 2 is 0.892 bits per heavy atom. The van der Waals surface area contributed by atoms with Crippen molar-refractivity contribution in [3.63, 3.8) is 0 Å². The minimum absolute atomic E-state index is 0. The summed E-state index contributed by atoms with van der Waals surface area (Å²) < 4.78 is 4.94. The van der Waals surface area contributed by atoms with Crippen LogP contribution in [0, 0.1) is 5.92 Å². The Bertz CT molecular complexity index is 764. The zero-order chi connectivity index (χ0) is 27.8. The van der Waals surface area contributed by atoms with Crippen molar-refractivity contribution in [1.29, 1.82) is 0 Å². The fourth-order valence-electron chi connectivity index (χ4n) is 1.83. The molecule has 15 heteroatoms. The number of aromatic nitrogens is 6. The van der Waals surface area contributed by atoms with Crippen LogP contribution in [0.1, 0.15) is 86.8 Å². The Balaban J connectivity index is -0.000000211. The van der Waals surface area contributed by atoms with Crippen LogP contribution in [0.5, 0.6) is 0 Å². The van der Waals surface area contributed by atoms with E-state index >= 15 is 0 Å². The van der Waals surface area contributed by atoms with Crippen LogP contribution in [0.4, 0.5) is 0 Å². The zero-order valence-electron chi connectivity index (χ0n) is 22.7. The van der Waals surface area contributed by atoms with Crippen LogP contribution in [-0.4, -0.2) is 66.2 Å². The predicted molar refractivity (Wildman–Crippen MR) is 157 cm³/mol. The second-order valence-electron chi connectivity index (χ2n) is 9.71. The first kappa shape index (κ1) is 45.4. The third kappa shape index (κ3) is 26.1. The molecule has 0 saturated carbocycles. The Labute approximate surface area is 284 Å². The number of hydrogen-bond donors (Lipinski definition) is 0. The molecule has 0 spiro atoms. The van der Waals surface area contributed by atoms with Crippen molar-refractivity contribution in [2.24, 2.45) is 0 Å². The number of nitrogens with zero attached hydrogens (tertiary/aromatic N) is 6. The number of ether oxygens (including phenoxy) is 1. The van der Waals surface area contributed by atoms with Gasteiger partial charge < -0.3 is 23.1 Å². The standard InChI is InChI=1S/C11H18ClN3.C4H8O.C4H9.C3Cl3N3.ClH.Cu.HI.Mg/c1-10(2,3)7-13-8(11(4,5)6)15-9(12)14-7;1-2-4-5-3-1;1-4(2)3;4-1-7-2(5)9-3(6)8-1;;;;/h1-6H3;1-4H2;1-3H3;;1H;;1H;/q;;-1;;;+1;;+2/p-2. The topological polar surface area (TPSA) is 86.6 Å². The van der Waals surface area contributed by atoms with Crippen LogP contribution in [-0.2, 0) is 28.3 Å². The van der Waals surface area contributed by atoms with Gasteiger partial charge in [0, 0.05) is 24.0 Å². The van der Waals surface area contributed by atoms with Crippen LogP contribution in [0.25, 0.3) is 0 Å². The van der Waals surface area contributed by atoms with Gasteiger partial charge in [0.2, 0.25) is 21.1 Å². The largest absolute Gasteiger partial charge is 2.00 e. The van der Waals surface area contributed by atoms with Gasteiger partial charge in [0.1, 0.15) is 11.6 Å². The molecule has 0 aliphatic carbocycles. The number of halogens is 6. The van der Waals surface area contributed by atoms with Crippen molar-refractivity contribution in [3.8, 4) is 0 Å². The fourth-order valence-corrected chi connectivity index (χ4v) is 2.60. The molecule has 3 heterocycles. The van der Waals surface area contributed by atoms with Gasteiger partial charge in [-0.25, -0.2) is 15.0 Å². The normalized spacial score (nSPS) is 12.0. The SMILES string of the molecule is C1CCOC1.CC(C)(C)c1nc(Cl)nc(C(C)(C)C)n1.C[C-](C)C.Clc1nc(Cl)nc(Cl)n1.[Cl-].[Cu][I].[Mg+2]. The second kappa shape index (κ2) is 24.1. The molecular weight excluding hydrogens is 756 g/mol.